The van der Waals surface area contributed by atoms with Crippen molar-refractivity contribution in [3.8, 4) is 0 Å². The van der Waals surface area contributed by atoms with Gasteiger partial charge < -0.3 is 10.6 Å². The van der Waals surface area contributed by atoms with Crippen LogP contribution in [0.15, 0.2) is 11.6 Å². The number of hydrogen-bond donors (Lipinski definition) is 1. The van der Waals surface area contributed by atoms with Gasteiger partial charge in [0.25, 0.3) is 0 Å². The van der Waals surface area contributed by atoms with Gasteiger partial charge in [0, 0.05) is 36.6 Å². The molecule has 0 radical (unpaired) electrons. The highest BCUT2D eigenvalue weighted by Gasteiger charge is 2.21. The number of aromatic nitrogens is 2. The normalized spacial score (nSPS) is 13.2. The van der Waals surface area contributed by atoms with Gasteiger partial charge in [0.2, 0.25) is 0 Å². The van der Waals surface area contributed by atoms with Gasteiger partial charge in [-0.2, -0.15) is 0 Å². The van der Waals surface area contributed by atoms with Crippen molar-refractivity contribution in [2.75, 3.05) is 11.4 Å². The monoisotopic (exact) mass is 308 g/mol. The first-order chi connectivity index (χ1) is 10.0. The SMILES string of the molecule is CCCCCN(c1nc2sccn2c1CC(C)N)C(C)C. The number of nitrogens with two attached hydrogens (primary N) is 1. The number of nitrogens with zero attached hydrogens (tertiary/aromatic N) is 3. The number of unbranched alkanes of at least 4 members (excludes halogenated alkanes) is 2. The van der Waals surface area contributed by atoms with E-state index >= 15 is 0 Å². The number of rotatable bonds is 8. The minimum atomic E-state index is 0.146. The molecule has 1 atom stereocenters. The molecule has 1 unspecified atom stereocenters. The molecule has 0 fully saturated rings. The van der Waals surface area contributed by atoms with E-state index in [2.05, 4.69) is 48.6 Å². The van der Waals surface area contributed by atoms with E-state index in [0.29, 0.717) is 6.04 Å². The number of hydrogen-bond acceptors (Lipinski definition) is 4. The largest absolute Gasteiger partial charge is 0.353 e. The van der Waals surface area contributed by atoms with Gasteiger partial charge in [0.15, 0.2) is 10.8 Å². The Morgan fingerprint density at radius 3 is 2.71 bits per heavy atom. The first-order valence-electron chi connectivity index (χ1n) is 8.01. The van der Waals surface area contributed by atoms with Crippen LogP contribution >= 0.6 is 11.3 Å². The molecule has 0 saturated heterocycles. The Labute approximate surface area is 132 Å². The molecule has 4 nitrogen and oxygen atoms in total. The predicted molar refractivity (Wildman–Crippen MR) is 92.4 cm³/mol. The molecule has 0 saturated carbocycles. The van der Waals surface area contributed by atoms with Crippen LogP contribution in [0.4, 0.5) is 5.82 Å². The van der Waals surface area contributed by atoms with Gasteiger partial charge in [0.1, 0.15) is 0 Å². The molecule has 0 aromatic carbocycles. The fourth-order valence-corrected chi connectivity index (χ4v) is 3.41. The third-order valence-electron chi connectivity index (χ3n) is 3.75. The maximum atomic E-state index is 6.05. The van der Waals surface area contributed by atoms with Crippen LogP contribution in [0.25, 0.3) is 4.96 Å². The highest BCUT2D eigenvalue weighted by molar-refractivity contribution is 7.15. The first kappa shape index (κ1) is 16.3. The first-order valence-corrected chi connectivity index (χ1v) is 8.89. The molecule has 0 aliphatic heterocycles. The summed E-state index contributed by atoms with van der Waals surface area (Å²) < 4.78 is 2.21. The van der Waals surface area contributed by atoms with Gasteiger partial charge in [-0.05, 0) is 27.2 Å². The molecule has 21 heavy (non-hydrogen) atoms. The Balaban J connectivity index is 2.33. The molecule has 2 aromatic heterocycles. The van der Waals surface area contributed by atoms with Gasteiger partial charge in [0.05, 0.1) is 5.69 Å². The smallest absolute Gasteiger partial charge is 0.195 e. The fraction of sp³-hybridized carbons (Fsp3) is 0.688. The van der Waals surface area contributed by atoms with Crippen molar-refractivity contribution in [3.05, 3.63) is 17.3 Å². The maximum Gasteiger partial charge on any atom is 0.195 e. The van der Waals surface area contributed by atoms with Crippen LogP contribution in [-0.2, 0) is 6.42 Å². The molecule has 2 rings (SSSR count). The lowest BCUT2D eigenvalue weighted by Gasteiger charge is -2.28. The fourth-order valence-electron chi connectivity index (χ4n) is 2.69. The zero-order valence-corrected chi connectivity index (χ0v) is 14.5. The van der Waals surface area contributed by atoms with E-state index in [1.54, 1.807) is 11.3 Å². The third-order valence-corrected chi connectivity index (χ3v) is 4.51. The van der Waals surface area contributed by atoms with Gasteiger partial charge in [-0.15, -0.1) is 11.3 Å². The zero-order chi connectivity index (χ0) is 15.4. The van der Waals surface area contributed by atoms with E-state index in [0.717, 1.165) is 23.7 Å². The van der Waals surface area contributed by atoms with Crippen molar-refractivity contribution in [3.63, 3.8) is 0 Å². The van der Waals surface area contributed by atoms with Crippen molar-refractivity contribution >= 4 is 22.1 Å². The van der Waals surface area contributed by atoms with Crippen LogP contribution in [0.1, 0.15) is 52.7 Å². The molecular formula is C16H28N4S. The summed E-state index contributed by atoms with van der Waals surface area (Å²) in [6.07, 6.45) is 6.71. The van der Waals surface area contributed by atoms with Crippen molar-refractivity contribution in [2.45, 2.75) is 65.5 Å². The molecule has 0 spiro atoms. The Hall–Kier alpha value is -1.07. The summed E-state index contributed by atoms with van der Waals surface area (Å²) >= 11 is 1.69. The summed E-state index contributed by atoms with van der Waals surface area (Å²) in [7, 11) is 0. The Morgan fingerprint density at radius 2 is 2.10 bits per heavy atom. The Kier molecular flexibility index (Phi) is 5.65. The lowest BCUT2D eigenvalue weighted by molar-refractivity contribution is 0.614. The summed E-state index contributed by atoms with van der Waals surface area (Å²) in [6, 6.07) is 0.603. The molecule has 0 aliphatic carbocycles. The van der Waals surface area contributed by atoms with Crippen LogP contribution < -0.4 is 10.6 Å². The lowest BCUT2D eigenvalue weighted by Crippen LogP contribution is -2.33. The number of fused-ring (bicyclic) bond motifs is 1. The minimum absolute atomic E-state index is 0.146. The van der Waals surface area contributed by atoms with Crippen molar-refractivity contribution < 1.29 is 0 Å². The third kappa shape index (κ3) is 3.77. The van der Waals surface area contributed by atoms with Crippen LogP contribution in [0.5, 0.6) is 0 Å². The van der Waals surface area contributed by atoms with Crippen LogP contribution in [0, 0.1) is 0 Å². The van der Waals surface area contributed by atoms with Crippen molar-refractivity contribution in [1.29, 1.82) is 0 Å². The number of imidazole rings is 1. The summed E-state index contributed by atoms with van der Waals surface area (Å²) in [5.74, 6) is 1.13. The van der Waals surface area contributed by atoms with E-state index in [9.17, 15) is 0 Å². The molecule has 2 heterocycles. The van der Waals surface area contributed by atoms with Gasteiger partial charge in [-0.25, -0.2) is 4.98 Å². The van der Waals surface area contributed by atoms with Crippen LogP contribution in [0.3, 0.4) is 0 Å². The standard InChI is InChI=1S/C16H28N4S/c1-5-6-7-8-19(12(2)3)15-14(11-13(4)17)20-9-10-21-16(20)18-15/h9-10,12-13H,5-8,11,17H2,1-4H3. The molecule has 0 aliphatic rings. The summed E-state index contributed by atoms with van der Waals surface area (Å²) in [5.41, 5.74) is 7.31. The van der Waals surface area contributed by atoms with Crippen LogP contribution in [0.2, 0.25) is 0 Å². The van der Waals surface area contributed by atoms with Crippen molar-refractivity contribution in [2.24, 2.45) is 5.73 Å². The second-order valence-corrected chi connectivity index (χ2v) is 6.99. The molecule has 118 valence electrons. The predicted octanol–water partition coefficient (Wildman–Crippen LogP) is 3.69. The number of anilines is 1. The van der Waals surface area contributed by atoms with E-state index in [-0.39, 0.29) is 6.04 Å². The molecule has 0 amide bonds. The highest BCUT2D eigenvalue weighted by atomic mass is 32.1. The summed E-state index contributed by atoms with van der Waals surface area (Å²) in [6.45, 7) is 9.87. The summed E-state index contributed by atoms with van der Waals surface area (Å²) in [4.78, 5) is 8.39. The quantitative estimate of drug-likeness (QED) is 0.757. The molecule has 2 aromatic rings. The lowest BCUT2D eigenvalue weighted by atomic mass is 10.1. The molecule has 5 heteroatoms. The van der Waals surface area contributed by atoms with E-state index in [1.165, 1.54) is 25.0 Å². The van der Waals surface area contributed by atoms with E-state index < -0.39 is 0 Å². The summed E-state index contributed by atoms with van der Waals surface area (Å²) in [5, 5.41) is 2.09. The Bertz CT molecular complexity index is 556. The average molecular weight is 308 g/mol. The van der Waals surface area contributed by atoms with E-state index in [4.69, 9.17) is 10.7 Å². The molecule has 0 bridgehead atoms. The Morgan fingerprint density at radius 1 is 1.33 bits per heavy atom. The maximum absolute atomic E-state index is 6.05. The molecular weight excluding hydrogens is 280 g/mol. The van der Waals surface area contributed by atoms with Gasteiger partial charge in [-0.3, -0.25) is 4.40 Å². The van der Waals surface area contributed by atoms with E-state index in [1.807, 2.05) is 0 Å². The van der Waals surface area contributed by atoms with Crippen molar-refractivity contribution in [1.82, 2.24) is 9.38 Å². The van der Waals surface area contributed by atoms with Crippen LogP contribution in [-0.4, -0.2) is 28.0 Å². The second kappa shape index (κ2) is 7.27. The number of thiazole rings is 1. The minimum Gasteiger partial charge on any atom is -0.353 e. The topological polar surface area (TPSA) is 46.6 Å². The average Bonchev–Trinajstić information content (AvgIpc) is 2.97. The zero-order valence-electron chi connectivity index (χ0n) is 13.7. The highest BCUT2D eigenvalue weighted by Crippen LogP contribution is 2.27. The van der Waals surface area contributed by atoms with Gasteiger partial charge in [-0.1, -0.05) is 19.8 Å². The second-order valence-electron chi connectivity index (χ2n) is 6.11. The van der Waals surface area contributed by atoms with Gasteiger partial charge >= 0.3 is 0 Å². The molecule has 2 N–H and O–H groups in total.